The van der Waals surface area contributed by atoms with Crippen molar-refractivity contribution in [1.29, 1.82) is 0 Å². The molecule has 0 heterocycles. The Kier molecular flexibility index (Phi) is 4.86. The number of para-hydroxylation sites is 1. The molecule has 0 spiro atoms. The second-order valence-corrected chi connectivity index (χ2v) is 5.72. The Morgan fingerprint density at radius 2 is 2.05 bits per heavy atom. The third-order valence-electron chi connectivity index (χ3n) is 3.76. The van der Waals surface area contributed by atoms with Gasteiger partial charge in [0.2, 0.25) is 5.91 Å². The van der Waals surface area contributed by atoms with E-state index in [2.05, 4.69) is 21.2 Å². The minimum atomic E-state index is -0.0426. The van der Waals surface area contributed by atoms with Crippen molar-refractivity contribution >= 4 is 21.8 Å². The lowest BCUT2D eigenvalue weighted by Crippen LogP contribution is -2.48. The van der Waals surface area contributed by atoms with E-state index < -0.39 is 0 Å². The molecule has 1 saturated carbocycles. The van der Waals surface area contributed by atoms with Gasteiger partial charge in [-0.2, -0.15) is 0 Å². The number of nitrogens with one attached hydrogen (secondary N) is 1. The minimum Gasteiger partial charge on any atom is -0.496 e. The molecule has 0 aromatic heterocycles. The molecule has 2 rings (SSSR count). The molecule has 1 fully saturated rings. The summed E-state index contributed by atoms with van der Waals surface area (Å²) < 4.78 is 5.28. The van der Waals surface area contributed by atoms with Crippen LogP contribution in [0, 0.1) is 0 Å². The maximum absolute atomic E-state index is 12.2. The highest BCUT2D eigenvalue weighted by atomic mass is 79.9. The lowest BCUT2D eigenvalue weighted by atomic mass is 10.00. The third kappa shape index (κ3) is 3.50. The molecule has 1 aromatic carbocycles. The number of hydrogen-bond acceptors (Lipinski definition) is 2. The lowest BCUT2D eigenvalue weighted by molar-refractivity contribution is -0.122. The number of benzene rings is 1. The van der Waals surface area contributed by atoms with Crippen molar-refractivity contribution in [2.24, 2.45) is 0 Å². The summed E-state index contributed by atoms with van der Waals surface area (Å²) in [6, 6.07) is 7.67. The average molecular weight is 326 g/mol. The molecule has 19 heavy (non-hydrogen) atoms. The Bertz CT molecular complexity index is 442. The van der Waals surface area contributed by atoms with Crippen LogP contribution in [0.15, 0.2) is 24.3 Å². The van der Waals surface area contributed by atoms with E-state index in [0.717, 1.165) is 29.5 Å². The summed E-state index contributed by atoms with van der Waals surface area (Å²) in [5.74, 6) is 0.850. The fourth-order valence-corrected chi connectivity index (χ4v) is 3.41. The zero-order valence-corrected chi connectivity index (χ0v) is 12.8. The van der Waals surface area contributed by atoms with E-state index in [1.807, 2.05) is 24.3 Å². The number of ether oxygens (including phenoxy) is 1. The van der Waals surface area contributed by atoms with Gasteiger partial charge in [0, 0.05) is 16.4 Å². The second kappa shape index (κ2) is 6.42. The molecule has 104 valence electrons. The standard InChI is InChI=1S/C15H20BrNO2/c1-19-13-7-3-2-6-12(13)10-14(18)17-15(11-16)8-4-5-9-15/h2-3,6-7H,4-5,8-11H2,1H3,(H,17,18). The van der Waals surface area contributed by atoms with Gasteiger partial charge in [-0.3, -0.25) is 4.79 Å². The third-order valence-corrected chi connectivity index (χ3v) is 4.84. The van der Waals surface area contributed by atoms with Crippen molar-refractivity contribution in [3.63, 3.8) is 0 Å². The highest BCUT2D eigenvalue weighted by Gasteiger charge is 2.34. The number of carbonyl (C=O) groups excluding carboxylic acids is 1. The number of halogens is 1. The van der Waals surface area contributed by atoms with Gasteiger partial charge in [-0.25, -0.2) is 0 Å². The van der Waals surface area contributed by atoms with Crippen LogP contribution in [-0.4, -0.2) is 23.9 Å². The number of hydrogen-bond donors (Lipinski definition) is 1. The van der Waals surface area contributed by atoms with Crippen LogP contribution in [-0.2, 0) is 11.2 Å². The van der Waals surface area contributed by atoms with E-state index in [0.29, 0.717) is 6.42 Å². The zero-order chi connectivity index (χ0) is 13.7. The molecule has 0 aliphatic heterocycles. The fourth-order valence-electron chi connectivity index (χ4n) is 2.71. The highest BCUT2D eigenvalue weighted by Crippen LogP contribution is 2.31. The van der Waals surface area contributed by atoms with Gasteiger partial charge in [-0.05, 0) is 18.9 Å². The van der Waals surface area contributed by atoms with E-state index in [1.54, 1.807) is 7.11 Å². The van der Waals surface area contributed by atoms with E-state index in [-0.39, 0.29) is 11.4 Å². The van der Waals surface area contributed by atoms with Crippen LogP contribution < -0.4 is 10.1 Å². The summed E-state index contributed by atoms with van der Waals surface area (Å²) in [6.07, 6.45) is 4.89. The Hall–Kier alpha value is -1.03. The average Bonchev–Trinajstić information content (AvgIpc) is 2.88. The lowest BCUT2D eigenvalue weighted by Gasteiger charge is -2.28. The quantitative estimate of drug-likeness (QED) is 0.845. The highest BCUT2D eigenvalue weighted by molar-refractivity contribution is 9.09. The molecule has 0 atom stereocenters. The summed E-state index contributed by atoms with van der Waals surface area (Å²) in [5, 5.41) is 4.03. The number of methoxy groups -OCH3 is 1. The van der Waals surface area contributed by atoms with Gasteiger partial charge in [0.15, 0.2) is 0 Å². The van der Waals surface area contributed by atoms with Crippen LogP contribution >= 0.6 is 15.9 Å². The van der Waals surface area contributed by atoms with Crippen LogP contribution in [0.2, 0.25) is 0 Å². The van der Waals surface area contributed by atoms with Crippen LogP contribution in [0.4, 0.5) is 0 Å². The zero-order valence-electron chi connectivity index (χ0n) is 11.2. The van der Waals surface area contributed by atoms with Crippen molar-refractivity contribution in [3.8, 4) is 5.75 Å². The van der Waals surface area contributed by atoms with Gasteiger partial charge in [0.1, 0.15) is 5.75 Å². The predicted molar refractivity (Wildman–Crippen MR) is 79.8 cm³/mol. The maximum Gasteiger partial charge on any atom is 0.225 e. The fraction of sp³-hybridized carbons (Fsp3) is 0.533. The first kappa shape index (κ1) is 14.4. The smallest absolute Gasteiger partial charge is 0.225 e. The van der Waals surface area contributed by atoms with Gasteiger partial charge in [-0.15, -0.1) is 0 Å². The predicted octanol–water partition coefficient (Wildman–Crippen LogP) is 3.06. The Labute approximate surface area is 122 Å². The molecule has 1 aromatic rings. The second-order valence-electron chi connectivity index (χ2n) is 5.16. The van der Waals surface area contributed by atoms with Gasteiger partial charge < -0.3 is 10.1 Å². The monoisotopic (exact) mass is 325 g/mol. The van der Waals surface area contributed by atoms with Crippen LogP contribution in [0.5, 0.6) is 5.75 Å². The van der Waals surface area contributed by atoms with Gasteiger partial charge in [-0.1, -0.05) is 47.0 Å². The molecule has 0 unspecified atom stereocenters. The molecule has 4 heteroatoms. The first-order valence-corrected chi connectivity index (χ1v) is 7.80. The van der Waals surface area contributed by atoms with Crippen molar-refractivity contribution in [2.75, 3.05) is 12.4 Å². The van der Waals surface area contributed by atoms with Crippen molar-refractivity contribution < 1.29 is 9.53 Å². The normalized spacial score (nSPS) is 17.2. The first-order chi connectivity index (χ1) is 9.19. The van der Waals surface area contributed by atoms with Gasteiger partial charge in [0.25, 0.3) is 0 Å². The number of amides is 1. The Balaban J connectivity index is 2.01. The number of carbonyl (C=O) groups is 1. The summed E-state index contributed by atoms with van der Waals surface area (Å²) in [7, 11) is 1.63. The van der Waals surface area contributed by atoms with Crippen molar-refractivity contribution in [1.82, 2.24) is 5.32 Å². The SMILES string of the molecule is COc1ccccc1CC(=O)NC1(CBr)CCCC1. The van der Waals surface area contributed by atoms with Crippen LogP contribution in [0.1, 0.15) is 31.2 Å². The maximum atomic E-state index is 12.2. The minimum absolute atomic E-state index is 0.0426. The number of alkyl halides is 1. The van der Waals surface area contributed by atoms with Crippen molar-refractivity contribution in [3.05, 3.63) is 29.8 Å². The largest absolute Gasteiger partial charge is 0.496 e. The number of rotatable bonds is 5. The molecule has 0 saturated heterocycles. The van der Waals surface area contributed by atoms with Gasteiger partial charge in [0.05, 0.1) is 13.5 Å². The molecular formula is C15H20BrNO2. The van der Waals surface area contributed by atoms with Crippen LogP contribution in [0.3, 0.4) is 0 Å². The van der Waals surface area contributed by atoms with E-state index in [9.17, 15) is 4.79 Å². The molecule has 1 aliphatic rings. The topological polar surface area (TPSA) is 38.3 Å². The van der Waals surface area contributed by atoms with E-state index >= 15 is 0 Å². The Morgan fingerprint density at radius 1 is 1.37 bits per heavy atom. The summed E-state index contributed by atoms with van der Waals surface area (Å²) >= 11 is 3.54. The van der Waals surface area contributed by atoms with E-state index in [4.69, 9.17) is 4.74 Å². The molecule has 1 N–H and O–H groups in total. The van der Waals surface area contributed by atoms with Crippen LogP contribution in [0.25, 0.3) is 0 Å². The molecule has 0 bridgehead atoms. The molecule has 1 aliphatic carbocycles. The molecule has 1 amide bonds. The van der Waals surface area contributed by atoms with E-state index in [1.165, 1.54) is 12.8 Å². The molecule has 3 nitrogen and oxygen atoms in total. The Morgan fingerprint density at radius 3 is 2.68 bits per heavy atom. The summed E-state index contributed by atoms with van der Waals surface area (Å²) in [5.41, 5.74) is 0.893. The summed E-state index contributed by atoms with van der Waals surface area (Å²) in [4.78, 5) is 12.2. The molecular weight excluding hydrogens is 306 g/mol. The first-order valence-electron chi connectivity index (χ1n) is 6.68. The summed E-state index contributed by atoms with van der Waals surface area (Å²) in [6.45, 7) is 0. The van der Waals surface area contributed by atoms with Gasteiger partial charge >= 0.3 is 0 Å². The molecule has 0 radical (unpaired) electrons. The van der Waals surface area contributed by atoms with Crippen molar-refractivity contribution in [2.45, 2.75) is 37.6 Å².